The van der Waals surface area contributed by atoms with Crippen molar-refractivity contribution in [2.24, 2.45) is 0 Å². The number of benzene rings is 1. The Morgan fingerprint density at radius 1 is 1.20 bits per heavy atom. The number of tetrazole rings is 1. The highest BCUT2D eigenvalue weighted by molar-refractivity contribution is 5.80. The van der Waals surface area contributed by atoms with Crippen molar-refractivity contribution < 1.29 is 9.64 Å². The summed E-state index contributed by atoms with van der Waals surface area (Å²) < 4.78 is 7.63. The van der Waals surface area contributed by atoms with Crippen LogP contribution in [0.1, 0.15) is 69.9 Å². The summed E-state index contributed by atoms with van der Waals surface area (Å²) in [6.07, 6.45) is 4.57. The van der Waals surface area contributed by atoms with Gasteiger partial charge in [0.15, 0.2) is 6.04 Å². The number of rotatable bonds is 8. The van der Waals surface area contributed by atoms with Crippen LogP contribution in [0, 0.1) is 0 Å². The molecule has 30 heavy (non-hydrogen) atoms. The van der Waals surface area contributed by atoms with Crippen molar-refractivity contribution >= 4 is 10.9 Å². The monoisotopic (exact) mass is 411 g/mol. The van der Waals surface area contributed by atoms with Gasteiger partial charge in [0.25, 0.3) is 5.56 Å². The molecule has 1 fully saturated rings. The van der Waals surface area contributed by atoms with Crippen molar-refractivity contribution in [1.82, 2.24) is 25.2 Å². The molecule has 8 heteroatoms. The van der Waals surface area contributed by atoms with Crippen LogP contribution in [0.2, 0.25) is 0 Å². The van der Waals surface area contributed by atoms with E-state index in [1.54, 1.807) is 0 Å². The Balaban J connectivity index is 1.85. The third-order valence-corrected chi connectivity index (χ3v) is 6.23. The standard InChI is InChI=1S/C22H30N6O2/c1-4-27(5-2)20(21-24-25-26-28(21)16-9-7-8-10-16)18-14-15-13-17(30-6-3)11-12-19(15)23-22(18)29/h11-14,16,20H,4-10H2,1-3H3,(H,23,29)/p+1/t20-/m1/s1. The minimum atomic E-state index is -0.223. The molecule has 0 bridgehead atoms. The van der Waals surface area contributed by atoms with Crippen molar-refractivity contribution in [3.63, 3.8) is 0 Å². The minimum absolute atomic E-state index is 0.0861. The predicted octanol–water partition coefficient (Wildman–Crippen LogP) is 2.04. The Labute approximate surface area is 176 Å². The Morgan fingerprint density at radius 3 is 2.67 bits per heavy atom. The molecule has 1 aliphatic rings. The molecule has 0 amide bonds. The van der Waals surface area contributed by atoms with E-state index in [1.165, 1.54) is 17.7 Å². The number of aromatic nitrogens is 5. The summed E-state index contributed by atoms with van der Waals surface area (Å²) in [6, 6.07) is 7.84. The van der Waals surface area contributed by atoms with E-state index in [0.717, 1.165) is 48.4 Å². The first-order valence-corrected chi connectivity index (χ1v) is 11.1. The highest BCUT2D eigenvalue weighted by Crippen LogP contribution is 2.31. The number of nitrogens with zero attached hydrogens (tertiary/aromatic N) is 4. The molecule has 0 saturated heterocycles. The van der Waals surface area contributed by atoms with Crippen LogP contribution in [-0.2, 0) is 0 Å². The van der Waals surface area contributed by atoms with E-state index in [9.17, 15) is 4.79 Å². The molecule has 2 aromatic heterocycles. The lowest BCUT2D eigenvalue weighted by atomic mass is 10.0. The lowest BCUT2D eigenvalue weighted by Crippen LogP contribution is -3.12. The molecule has 0 radical (unpaired) electrons. The van der Waals surface area contributed by atoms with Crippen LogP contribution in [0.3, 0.4) is 0 Å². The maximum Gasteiger partial charge on any atom is 0.258 e. The quantitative estimate of drug-likeness (QED) is 0.592. The van der Waals surface area contributed by atoms with Gasteiger partial charge < -0.3 is 14.6 Å². The molecule has 0 unspecified atom stereocenters. The third kappa shape index (κ3) is 3.84. The summed E-state index contributed by atoms with van der Waals surface area (Å²) in [5.41, 5.74) is 1.41. The van der Waals surface area contributed by atoms with E-state index < -0.39 is 0 Å². The Hall–Kier alpha value is -2.74. The van der Waals surface area contributed by atoms with Crippen molar-refractivity contribution in [2.75, 3.05) is 19.7 Å². The van der Waals surface area contributed by atoms with Crippen LogP contribution in [0.4, 0.5) is 0 Å². The molecule has 1 aliphatic carbocycles. The van der Waals surface area contributed by atoms with Crippen molar-refractivity contribution in [3.05, 3.63) is 46.0 Å². The third-order valence-electron chi connectivity index (χ3n) is 6.23. The fourth-order valence-corrected chi connectivity index (χ4v) is 4.67. The van der Waals surface area contributed by atoms with Crippen LogP contribution < -0.4 is 15.2 Å². The average Bonchev–Trinajstić information content (AvgIpc) is 3.44. The van der Waals surface area contributed by atoms with Crippen molar-refractivity contribution in [1.29, 1.82) is 0 Å². The summed E-state index contributed by atoms with van der Waals surface area (Å²) in [4.78, 5) is 17.5. The molecule has 4 rings (SSSR count). The Kier molecular flexibility index (Phi) is 6.13. The normalized spacial score (nSPS) is 15.9. The zero-order valence-electron chi connectivity index (χ0n) is 18.0. The molecule has 1 saturated carbocycles. The number of pyridine rings is 1. The number of H-pyrrole nitrogens is 1. The largest absolute Gasteiger partial charge is 0.494 e. The van der Waals surface area contributed by atoms with Gasteiger partial charge in [0.2, 0.25) is 5.82 Å². The maximum absolute atomic E-state index is 13.2. The van der Waals surface area contributed by atoms with Crippen LogP contribution >= 0.6 is 0 Å². The van der Waals surface area contributed by atoms with Gasteiger partial charge in [-0.15, -0.1) is 5.10 Å². The summed E-state index contributed by atoms with van der Waals surface area (Å²) in [6.45, 7) is 8.58. The number of hydrogen-bond acceptors (Lipinski definition) is 5. The fraction of sp³-hybridized carbons (Fsp3) is 0.545. The van der Waals surface area contributed by atoms with E-state index in [4.69, 9.17) is 4.74 Å². The number of ether oxygens (including phenoxy) is 1. The van der Waals surface area contributed by atoms with Crippen molar-refractivity contribution in [3.8, 4) is 5.75 Å². The zero-order chi connectivity index (χ0) is 21.1. The van der Waals surface area contributed by atoms with E-state index in [2.05, 4.69) is 34.4 Å². The van der Waals surface area contributed by atoms with Gasteiger partial charge in [0.05, 0.1) is 31.3 Å². The summed E-state index contributed by atoms with van der Waals surface area (Å²) >= 11 is 0. The van der Waals surface area contributed by atoms with Crippen LogP contribution in [-0.4, -0.2) is 44.9 Å². The number of aromatic amines is 1. The lowest BCUT2D eigenvalue weighted by molar-refractivity contribution is -0.923. The van der Waals surface area contributed by atoms with Crippen LogP contribution in [0.25, 0.3) is 10.9 Å². The summed E-state index contributed by atoms with van der Waals surface area (Å²) in [7, 11) is 0. The summed E-state index contributed by atoms with van der Waals surface area (Å²) in [5, 5.41) is 13.7. The lowest BCUT2D eigenvalue weighted by Gasteiger charge is -2.26. The molecule has 1 aromatic carbocycles. The Morgan fingerprint density at radius 2 is 1.97 bits per heavy atom. The fourth-order valence-electron chi connectivity index (χ4n) is 4.67. The van der Waals surface area contributed by atoms with Gasteiger partial charge in [-0.1, -0.05) is 12.8 Å². The highest BCUT2D eigenvalue weighted by Gasteiger charge is 2.34. The second kappa shape index (κ2) is 8.95. The molecule has 2 heterocycles. The molecule has 8 nitrogen and oxygen atoms in total. The molecule has 1 atom stereocenters. The first-order chi connectivity index (χ1) is 14.7. The second-order valence-corrected chi connectivity index (χ2v) is 7.95. The molecular weight excluding hydrogens is 380 g/mol. The molecule has 2 N–H and O–H groups in total. The number of quaternary nitrogens is 1. The molecule has 0 aliphatic heterocycles. The van der Waals surface area contributed by atoms with Crippen molar-refractivity contribution in [2.45, 2.75) is 58.5 Å². The zero-order valence-corrected chi connectivity index (χ0v) is 18.0. The number of hydrogen-bond donors (Lipinski definition) is 2. The smallest absolute Gasteiger partial charge is 0.258 e. The van der Waals surface area contributed by atoms with E-state index in [1.807, 2.05) is 35.9 Å². The Bertz CT molecular complexity index is 1050. The van der Waals surface area contributed by atoms with Crippen LogP contribution in [0.15, 0.2) is 29.1 Å². The van der Waals surface area contributed by atoms with Gasteiger partial charge in [0, 0.05) is 10.9 Å². The molecular formula is C22H31N6O2+. The van der Waals surface area contributed by atoms with E-state index >= 15 is 0 Å². The van der Waals surface area contributed by atoms with E-state index in [0.29, 0.717) is 18.2 Å². The van der Waals surface area contributed by atoms with Gasteiger partial charge in [-0.25, -0.2) is 4.68 Å². The maximum atomic E-state index is 13.2. The molecule has 0 spiro atoms. The van der Waals surface area contributed by atoms with Gasteiger partial charge in [-0.3, -0.25) is 4.79 Å². The van der Waals surface area contributed by atoms with Gasteiger partial charge in [-0.05, 0) is 68.3 Å². The van der Waals surface area contributed by atoms with Gasteiger partial charge in [-0.2, -0.15) is 0 Å². The van der Waals surface area contributed by atoms with E-state index in [-0.39, 0.29) is 11.6 Å². The van der Waals surface area contributed by atoms with Gasteiger partial charge in [0.1, 0.15) is 5.75 Å². The molecule has 160 valence electrons. The first-order valence-electron chi connectivity index (χ1n) is 11.1. The minimum Gasteiger partial charge on any atom is -0.494 e. The van der Waals surface area contributed by atoms with Crippen LogP contribution in [0.5, 0.6) is 5.75 Å². The number of fused-ring (bicyclic) bond motifs is 1. The second-order valence-electron chi connectivity index (χ2n) is 7.95. The average molecular weight is 412 g/mol. The SMILES string of the molecule is CCOc1ccc2[nH]c(=O)c([C@H](c3nnnn3C3CCCC3)[NH+](CC)CC)cc2c1. The molecule has 3 aromatic rings. The van der Waals surface area contributed by atoms with Gasteiger partial charge >= 0.3 is 0 Å². The number of nitrogens with one attached hydrogen (secondary N) is 2. The summed E-state index contributed by atoms with van der Waals surface area (Å²) in [5.74, 6) is 1.58. The predicted molar refractivity (Wildman–Crippen MR) is 115 cm³/mol. The highest BCUT2D eigenvalue weighted by atomic mass is 16.5. The topological polar surface area (TPSA) is 90.1 Å². The first kappa shape index (κ1) is 20.5.